The van der Waals surface area contributed by atoms with E-state index in [2.05, 4.69) is 15.1 Å². The van der Waals surface area contributed by atoms with E-state index in [1.54, 1.807) is 7.05 Å². The van der Waals surface area contributed by atoms with Gasteiger partial charge < -0.3 is 14.2 Å². The van der Waals surface area contributed by atoms with Gasteiger partial charge in [-0.15, -0.1) is 0 Å². The quantitative estimate of drug-likeness (QED) is 0.297. The normalized spacial score (nSPS) is 9.76. The molecule has 0 unspecified atom stereocenters. The van der Waals surface area contributed by atoms with E-state index in [4.69, 9.17) is 14.2 Å². The molecule has 0 aromatic carbocycles. The third-order valence-electron chi connectivity index (χ3n) is 1.54. The van der Waals surface area contributed by atoms with Crippen LogP contribution in [0.1, 0.15) is 6.92 Å². The van der Waals surface area contributed by atoms with E-state index in [9.17, 15) is 4.79 Å². The molecule has 0 spiro atoms. The van der Waals surface area contributed by atoms with Crippen LogP contribution in [0.15, 0.2) is 10.2 Å². The topological polar surface area (TPSA) is 83.6 Å². The second-order valence-corrected chi connectivity index (χ2v) is 3.13. The first-order valence-electron chi connectivity index (χ1n) is 5.45. The molecule has 0 saturated carbocycles. The smallest absolute Gasteiger partial charge is 0.216 e. The maximum absolute atomic E-state index is 10.5. The van der Waals surface area contributed by atoms with Crippen molar-refractivity contribution in [2.75, 3.05) is 53.2 Å². The van der Waals surface area contributed by atoms with E-state index < -0.39 is 0 Å². The molecular weight excluding hydrogens is 226 g/mol. The van der Waals surface area contributed by atoms with E-state index in [1.165, 1.54) is 6.92 Å². The predicted octanol–water partition coefficient (Wildman–Crippen LogP) is 0.227. The van der Waals surface area contributed by atoms with E-state index >= 15 is 0 Å². The predicted molar refractivity (Wildman–Crippen MR) is 60.9 cm³/mol. The summed E-state index contributed by atoms with van der Waals surface area (Å²) < 4.78 is 15.4. The largest absolute Gasteiger partial charge is 0.377 e. The lowest BCUT2D eigenvalue weighted by molar-refractivity contribution is -0.122. The van der Waals surface area contributed by atoms with Crippen LogP contribution in [0, 0.1) is 0 Å². The first-order chi connectivity index (χ1) is 8.27. The summed E-state index contributed by atoms with van der Waals surface area (Å²) >= 11 is 0. The van der Waals surface area contributed by atoms with Crippen LogP contribution < -0.4 is 4.91 Å². The van der Waals surface area contributed by atoms with Crippen LogP contribution >= 0.6 is 0 Å². The molecule has 0 amide bonds. The van der Waals surface area contributed by atoms with Crippen LogP contribution in [0.3, 0.4) is 0 Å². The van der Waals surface area contributed by atoms with Crippen LogP contribution in [0.5, 0.6) is 0 Å². The van der Waals surface area contributed by atoms with Gasteiger partial charge in [0.1, 0.15) is 30.4 Å². The molecule has 17 heavy (non-hydrogen) atoms. The number of nitrogens with zero attached hydrogens (tertiary/aromatic N) is 3. The Morgan fingerprint density at radius 2 is 1.65 bits per heavy atom. The fourth-order valence-corrected chi connectivity index (χ4v) is 0.869. The summed E-state index contributed by atoms with van der Waals surface area (Å²) in [5.74, 6) is 0.0151. The minimum absolute atomic E-state index is 0.0151. The zero-order chi connectivity index (χ0) is 12.8. The number of carbonyl (C=O) groups excluding carboxylic acids is 1. The standard InChI is InChI=1S/C10H20N3O4/c1-10(14)9-17-8-7-16-6-5-15-4-3-12-13-11-2/h3-9H2,1-2H3/q+1. The summed E-state index contributed by atoms with van der Waals surface area (Å²) in [7, 11) is 1.56. The van der Waals surface area contributed by atoms with Gasteiger partial charge in [0.25, 0.3) is 0 Å². The minimum Gasteiger partial charge on any atom is -0.377 e. The van der Waals surface area contributed by atoms with Crippen LogP contribution in [-0.2, 0) is 19.0 Å². The molecule has 7 nitrogen and oxygen atoms in total. The molecule has 0 bridgehead atoms. The first-order valence-corrected chi connectivity index (χ1v) is 5.45. The lowest BCUT2D eigenvalue weighted by Crippen LogP contribution is -2.12. The van der Waals surface area contributed by atoms with E-state index in [1.807, 2.05) is 0 Å². The fraction of sp³-hybridized carbons (Fsp3) is 0.900. The Bertz CT molecular complexity index is 252. The monoisotopic (exact) mass is 246 g/mol. The number of rotatable bonds is 11. The second kappa shape index (κ2) is 12.9. The molecule has 0 heterocycles. The lowest BCUT2D eigenvalue weighted by atomic mass is 10.5. The average molecular weight is 246 g/mol. The lowest BCUT2D eigenvalue weighted by Gasteiger charge is -2.04. The van der Waals surface area contributed by atoms with Gasteiger partial charge in [-0.05, 0) is 6.92 Å². The fourth-order valence-electron chi connectivity index (χ4n) is 0.869. The summed E-state index contributed by atoms with van der Waals surface area (Å²) in [6.45, 7) is 4.52. The van der Waals surface area contributed by atoms with Gasteiger partial charge in [0.2, 0.25) is 4.91 Å². The second-order valence-electron chi connectivity index (χ2n) is 3.13. The van der Waals surface area contributed by atoms with Gasteiger partial charge in [-0.1, -0.05) is 0 Å². The number of ketones is 1. The van der Waals surface area contributed by atoms with Gasteiger partial charge in [-0.25, -0.2) is 0 Å². The van der Waals surface area contributed by atoms with Crippen molar-refractivity contribution >= 4 is 5.78 Å². The Kier molecular flexibility index (Phi) is 12.1. The van der Waals surface area contributed by atoms with E-state index in [0.717, 1.165) is 0 Å². The molecule has 0 atom stereocenters. The SMILES string of the molecule is CN=[N+]=NCCOCCOCCOCC(C)=O. The summed E-state index contributed by atoms with van der Waals surface area (Å²) in [5.41, 5.74) is 0. The Balaban J connectivity index is 3.03. The molecule has 0 radical (unpaired) electrons. The maximum atomic E-state index is 10.5. The summed E-state index contributed by atoms with van der Waals surface area (Å²) in [5, 5.41) is 7.17. The molecule has 0 saturated heterocycles. The van der Waals surface area contributed by atoms with Gasteiger partial charge >= 0.3 is 0 Å². The van der Waals surface area contributed by atoms with Crippen molar-refractivity contribution in [1.29, 1.82) is 0 Å². The third kappa shape index (κ3) is 14.9. The van der Waals surface area contributed by atoms with Crippen molar-refractivity contribution in [1.82, 2.24) is 4.91 Å². The average Bonchev–Trinajstić information content (AvgIpc) is 2.30. The number of carbonyl (C=O) groups is 1. The Labute approximate surface area is 101 Å². The minimum atomic E-state index is 0.0151. The van der Waals surface area contributed by atoms with E-state index in [0.29, 0.717) is 39.6 Å². The highest BCUT2D eigenvalue weighted by Gasteiger charge is 1.94. The molecule has 0 rings (SSSR count). The van der Waals surface area contributed by atoms with Crippen molar-refractivity contribution in [3.8, 4) is 0 Å². The van der Waals surface area contributed by atoms with Crippen molar-refractivity contribution in [3.63, 3.8) is 0 Å². The van der Waals surface area contributed by atoms with Gasteiger partial charge in [-0.3, -0.25) is 4.79 Å². The number of hydrogen-bond donors (Lipinski definition) is 0. The zero-order valence-corrected chi connectivity index (χ0v) is 10.4. The van der Waals surface area contributed by atoms with Gasteiger partial charge in [0.05, 0.1) is 33.0 Å². The number of ether oxygens (including phenoxy) is 3. The van der Waals surface area contributed by atoms with Crippen LogP contribution in [0.2, 0.25) is 0 Å². The van der Waals surface area contributed by atoms with Gasteiger partial charge in [0, 0.05) is 0 Å². The van der Waals surface area contributed by atoms with Gasteiger partial charge in [-0.2, -0.15) is 0 Å². The molecule has 0 aliphatic carbocycles. The Hall–Kier alpha value is -1.14. The van der Waals surface area contributed by atoms with Crippen LogP contribution in [0.25, 0.3) is 0 Å². The molecule has 0 aromatic rings. The summed E-state index contributed by atoms with van der Waals surface area (Å²) in [6.07, 6.45) is 0. The summed E-state index contributed by atoms with van der Waals surface area (Å²) in [6, 6.07) is 0. The molecule has 0 aromatic heterocycles. The molecule has 0 fully saturated rings. The number of hydrogen-bond acceptors (Lipinski definition) is 6. The highest BCUT2D eigenvalue weighted by atomic mass is 16.5. The molecule has 98 valence electrons. The number of Topliss-reactive ketones (excluding diaryl/α,β-unsaturated/α-hetero) is 1. The molecule has 0 aliphatic heterocycles. The highest BCUT2D eigenvalue weighted by Crippen LogP contribution is 1.82. The van der Waals surface area contributed by atoms with E-state index in [-0.39, 0.29) is 12.4 Å². The molecule has 0 N–H and O–H groups in total. The van der Waals surface area contributed by atoms with Gasteiger partial charge in [0.15, 0.2) is 5.78 Å². The van der Waals surface area contributed by atoms with Crippen LogP contribution in [0.4, 0.5) is 0 Å². The zero-order valence-electron chi connectivity index (χ0n) is 10.4. The van der Waals surface area contributed by atoms with Crippen molar-refractivity contribution in [2.45, 2.75) is 6.92 Å². The summed E-state index contributed by atoms with van der Waals surface area (Å²) in [4.78, 5) is 14.0. The third-order valence-corrected chi connectivity index (χ3v) is 1.54. The Morgan fingerprint density at radius 3 is 2.24 bits per heavy atom. The maximum Gasteiger partial charge on any atom is 0.216 e. The molecule has 7 heteroatoms. The molecular formula is C10H20N3O4+. The van der Waals surface area contributed by atoms with Crippen molar-refractivity contribution < 1.29 is 19.0 Å². The Morgan fingerprint density at radius 1 is 1.06 bits per heavy atom. The van der Waals surface area contributed by atoms with Crippen molar-refractivity contribution in [2.24, 2.45) is 10.2 Å². The highest BCUT2D eigenvalue weighted by molar-refractivity contribution is 5.76. The first kappa shape index (κ1) is 15.9. The van der Waals surface area contributed by atoms with Crippen LogP contribution in [-0.4, -0.2) is 59.0 Å². The molecule has 0 aliphatic rings. The van der Waals surface area contributed by atoms with Crippen molar-refractivity contribution in [3.05, 3.63) is 0 Å².